The summed E-state index contributed by atoms with van der Waals surface area (Å²) >= 11 is 0. The number of benzene rings is 3. The lowest BCUT2D eigenvalue weighted by molar-refractivity contribution is -0.136. The fourth-order valence-corrected chi connectivity index (χ4v) is 3.07. The summed E-state index contributed by atoms with van der Waals surface area (Å²) in [5.74, 6) is -1.02. The Morgan fingerprint density at radius 2 is 1.77 bits per heavy atom. The molecule has 0 atom stereocenters. The van der Waals surface area contributed by atoms with Crippen LogP contribution >= 0.6 is 0 Å². The Morgan fingerprint density at radius 1 is 0.967 bits per heavy atom. The minimum atomic E-state index is -0.906. The van der Waals surface area contributed by atoms with Crippen LogP contribution in [0.2, 0.25) is 0 Å². The van der Waals surface area contributed by atoms with Crippen LogP contribution in [0, 0.1) is 19.7 Å². The van der Waals surface area contributed by atoms with Crippen molar-refractivity contribution in [2.75, 3.05) is 5.32 Å². The van der Waals surface area contributed by atoms with Crippen LogP contribution in [0.15, 0.2) is 60.7 Å². The summed E-state index contributed by atoms with van der Waals surface area (Å²) in [5, 5.41) is 11.8. The van der Waals surface area contributed by atoms with Gasteiger partial charge in [0.15, 0.2) is 0 Å². The van der Waals surface area contributed by atoms with Crippen molar-refractivity contribution < 1.29 is 23.8 Å². The summed E-state index contributed by atoms with van der Waals surface area (Å²) in [4.78, 5) is 23.7. The van der Waals surface area contributed by atoms with Crippen LogP contribution < -0.4 is 10.1 Å². The molecule has 0 bridgehead atoms. The minimum Gasteiger partial charge on any atom is -0.489 e. The second-order valence-electron chi connectivity index (χ2n) is 7.07. The van der Waals surface area contributed by atoms with Gasteiger partial charge in [-0.2, -0.15) is 0 Å². The summed E-state index contributed by atoms with van der Waals surface area (Å²) in [6.07, 6.45) is -0.0706. The summed E-state index contributed by atoms with van der Waals surface area (Å²) in [6.45, 7) is 3.83. The van der Waals surface area contributed by atoms with Crippen LogP contribution in [0.25, 0.3) is 0 Å². The standard InChI is InChI=1S/C24H22FNO4/c1-15-6-8-20(30-14-18-4-3-5-19(25)11-18)13-21(15)24(29)26-22-9-7-17(10-16(22)2)12-23(27)28/h3-11,13H,12,14H2,1-2H3,(H,26,29)(H,27,28). The predicted molar refractivity (Wildman–Crippen MR) is 112 cm³/mol. The summed E-state index contributed by atoms with van der Waals surface area (Å²) < 4.78 is 19.0. The van der Waals surface area contributed by atoms with E-state index >= 15 is 0 Å². The summed E-state index contributed by atoms with van der Waals surface area (Å²) in [5.41, 5.74) is 3.99. The van der Waals surface area contributed by atoms with Gasteiger partial charge in [-0.1, -0.05) is 30.3 Å². The number of carboxylic acids is 1. The maximum Gasteiger partial charge on any atom is 0.307 e. The van der Waals surface area contributed by atoms with Gasteiger partial charge in [-0.05, 0) is 66.4 Å². The smallest absolute Gasteiger partial charge is 0.307 e. The van der Waals surface area contributed by atoms with E-state index in [4.69, 9.17) is 9.84 Å². The first kappa shape index (κ1) is 21.0. The molecule has 0 radical (unpaired) electrons. The third-order valence-electron chi connectivity index (χ3n) is 4.64. The van der Waals surface area contributed by atoms with Gasteiger partial charge in [0.25, 0.3) is 5.91 Å². The Kier molecular flexibility index (Phi) is 6.47. The number of anilines is 1. The molecule has 0 aromatic heterocycles. The topological polar surface area (TPSA) is 75.6 Å². The van der Waals surface area contributed by atoms with E-state index in [0.717, 1.165) is 11.1 Å². The number of carbonyl (C=O) groups excluding carboxylic acids is 1. The molecule has 3 rings (SSSR count). The van der Waals surface area contributed by atoms with Crippen molar-refractivity contribution in [3.8, 4) is 5.75 Å². The number of ether oxygens (including phenoxy) is 1. The van der Waals surface area contributed by atoms with Crippen LogP contribution in [-0.2, 0) is 17.8 Å². The Morgan fingerprint density at radius 3 is 2.47 bits per heavy atom. The van der Waals surface area contributed by atoms with Gasteiger partial charge in [0.05, 0.1) is 6.42 Å². The molecule has 3 aromatic carbocycles. The fourth-order valence-electron chi connectivity index (χ4n) is 3.07. The molecule has 30 heavy (non-hydrogen) atoms. The first-order valence-electron chi connectivity index (χ1n) is 9.42. The second-order valence-corrected chi connectivity index (χ2v) is 7.07. The van der Waals surface area contributed by atoms with E-state index in [1.165, 1.54) is 12.1 Å². The van der Waals surface area contributed by atoms with Gasteiger partial charge in [0.1, 0.15) is 18.2 Å². The number of aliphatic carboxylic acids is 1. The zero-order chi connectivity index (χ0) is 21.7. The molecule has 0 saturated heterocycles. The number of rotatable bonds is 7. The molecule has 0 unspecified atom stereocenters. The van der Waals surface area contributed by atoms with Gasteiger partial charge in [-0.15, -0.1) is 0 Å². The average molecular weight is 407 g/mol. The maximum absolute atomic E-state index is 13.3. The average Bonchev–Trinajstić information content (AvgIpc) is 2.69. The Bertz CT molecular complexity index is 1090. The number of hydrogen-bond donors (Lipinski definition) is 2. The number of carbonyl (C=O) groups is 2. The van der Waals surface area contributed by atoms with E-state index in [1.807, 2.05) is 13.8 Å². The van der Waals surface area contributed by atoms with Crippen molar-refractivity contribution in [1.82, 2.24) is 0 Å². The van der Waals surface area contributed by atoms with E-state index in [2.05, 4.69) is 5.32 Å². The molecule has 2 N–H and O–H groups in total. The Hall–Kier alpha value is -3.67. The summed E-state index contributed by atoms with van der Waals surface area (Å²) in [7, 11) is 0. The molecular weight excluding hydrogens is 385 g/mol. The molecule has 0 saturated carbocycles. The monoisotopic (exact) mass is 407 g/mol. The Balaban J connectivity index is 1.72. The molecule has 6 heteroatoms. The lowest BCUT2D eigenvalue weighted by Crippen LogP contribution is -2.14. The maximum atomic E-state index is 13.3. The van der Waals surface area contributed by atoms with Gasteiger partial charge in [0, 0.05) is 11.3 Å². The van der Waals surface area contributed by atoms with Crippen LogP contribution in [0.1, 0.15) is 32.6 Å². The van der Waals surface area contributed by atoms with Crippen molar-refractivity contribution >= 4 is 17.6 Å². The van der Waals surface area contributed by atoms with Gasteiger partial charge >= 0.3 is 5.97 Å². The van der Waals surface area contributed by atoms with E-state index < -0.39 is 5.97 Å². The first-order chi connectivity index (χ1) is 14.3. The van der Waals surface area contributed by atoms with E-state index in [9.17, 15) is 14.0 Å². The van der Waals surface area contributed by atoms with Gasteiger partial charge in [-0.25, -0.2) is 4.39 Å². The number of hydrogen-bond acceptors (Lipinski definition) is 3. The highest BCUT2D eigenvalue weighted by Gasteiger charge is 2.13. The number of halogens is 1. The van der Waals surface area contributed by atoms with Crippen molar-refractivity contribution in [2.24, 2.45) is 0 Å². The van der Waals surface area contributed by atoms with Crippen molar-refractivity contribution in [3.63, 3.8) is 0 Å². The molecule has 5 nitrogen and oxygen atoms in total. The highest BCUT2D eigenvalue weighted by Crippen LogP contribution is 2.22. The minimum absolute atomic E-state index is 0.0706. The molecule has 1 amide bonds. The number of amides is 1. The second kappa shape index (κ2) is 9.22. The van der Waals surface area contributed by atoms with Crippen molar-refractivity contribution in [1.29, 1.82) is 0 Å². The highest BCUT2D eigenvalue weighted by molar-refractivity contribution is 6.05. The van der Waals surface area contributed by atoms with Crippen molar-refractivity contribution in [2.45, 2.75) is 26.9 Å². The van der Waals surface area contributed by atoms with E-state index in [-0.39, 0.29) is 24.8 Å². The van der Waals surface area contributed by atoms with E-state index in [1.54, 1.807) is 48.5 Å². The molecule has 0 aliphatic rings. The highest BCUT2D eigenvalue weighted by atomic mass is 19.1. The lowest BCUT2D eigenvalue weighted by Gasteiger charge is -2.13. The van der Waals surface area contributed by atoms with Crippen LogP contribution in [0.4, 0.5) is 10.1 Å². The van der Waals surface area contributed by atoms with Gasteiger partial charge in [-0.3, -0.25) is 9.59 Å². The molecule has 154 valence electrons. The largest absolute Gasteiger partial charge is 0.489 e. The quantitative estimate of drug-likeness (QED) is 0.584. The zero-order valence-corrected chi connectivity index (χ0v) is 16.7. The molecule has 0 spiro atoms. The lowest BCUT2D eigenvalue weighted by atomic mass is 10.1. The van der Waals surface area contributed by atoms with Crippen LogP contribution in [0.3, 0.4) is 0 Å². The SMILES string of the molecule is Cc1cc(CC(=O)O)ccc1NC(=O)c1cc(OCc2cccc(F)c2)ccc1C. The molecular formula is C24H22FNO4. The van der Waals surface area contributed by atoms with Crippen LogP contribution in [0.5, 0.6) is 5.75 Å². The molecule has 3 aromatic rings. The molecule has 0 heterocycles. The van der Waals surface area contributed by atoms with Gasteiger partial charge < -0.3 is 15.2 Å². The normalized spacial score (nSPS) is 10.5. The third-order valence-corrected chi connectivity index (χ3v) is 4.64. The van der Waals surface area contributed by atoms with E-state index in [0.29, 0.717) is 28.1 Å². The molecule has 0 aliphatic carbocycles. The number of nitrogens with one attached hydrogen (secondary N) is 1. The fraction of sp³-hybridized carbons (Fsp3) is 0.167. The summed E-state index contributed by atoms with van der Waals surface area (Å²) in [6, 6.07) is 16.5. The third kappa shape index (κ3) is 5.44. The zero-order valence-electron chi connectivity index (χ0n) is 16.7. The van der Waals surface area contributed by atoms with Crippen LogP contribution in [-0.4, -0.2) is 17.0 Å². The number of aryl methyl sites for hydroxylation is 2. The molecule has 0 aliphatic heterocycles. The van der Waals surface area contributed by atoms with Gasteiger partial charge in [0.2, 0.25) is 0 Å². The predicted octanol–water partition coefficient (Wildman–Crippen LogP) is 4.90. The van der Waals surface area contributed by atoms with Crippen molar-refractivity contribution in [3.05, 3.63) is 94.3 Å². The first-order valence-corrected chi connectivity index (χ1v) is 9.42. The molecule has 0 fully saturated rings. The number of carboxylic acid groups (broad SMARTS) is 1. The Labute approximate surface area is 174 Å².